The second-order valence-electron chi connectivity index (χ2n) is 4.28. The van der Waals surface area contributed by atoms with E-state index >= 15 is 0 Å². The first-order valence-electron chi connectivity index (χ1n) is 5.91. The van der Waals surface area contributed by atoms with Gasteiger partial charge in [-0.05, 0) is 12.5 Å². The van der Waals surface area contributed by atoms with Crippen LogP contribution in [0.1, 0.15) is 18.5 Å². The van der Waals surface area contributed by atoms with Gasteiger partial charge in [-0.1, -0.05) is 30.3 Å². The predicted molar refractivity (Wildman–Crippen MR) is 69.8 cm³/mol. The number of halogens is 3. The molecule has 1 aliphatic heterocycles. The minimum absolute atomic E-state index is 0.0722. The van der Waals surface area contributed by atoms with Crippen LogP contribution in [-0.4, -0.2) is 29.8 Å². The summed E-state index contributed by atoms with van der Waals surface area (Å²) in [4.78, 5) is 7.14. The topological polar surface area (TPSA) is 66.0 Å². The maximum atomic E-state index is 12.9. The van der Waals surface area contributed by atoms with Crippen LogP contribution in [0, 0.1) is 0 Å². The van der Waals surface area contributed by atoms with E-state index in [-0.39, 0.29) is 16.9 Å². The molecule has 2 unspecified atom stereocenters. The van der Waals surface area contributed by atoms with E-state index in [4.69, 9.17) is 5.73 Å². The molecule has 5 nitrogen and oxygen atoms in total. The zero-order valence-electron chi connectivity index (χ0n) is 10.7. The van der Waals surface area contributed by atoms with Gasteiger partial charge < -0.3 is 5.73 Å². The molecule has 1 heterocycles. The molecule has 108 valence electrons. The van der Waals surface area contributed by atoms with Crippen molar-refractivity contribution in [2.75, 3.05) is 0 Å². The maximum absolute atomic E-state index is 12.9. The molecule has 0 saturated heterocycles. The van der Waals surface area contributed by atoms with E-state index in [0.29, 0.717) is 6.34 Å². The van der Waals surface area contributed by atoms with Gasteiger partial charge in [-0.15, -0.1) is 13.2 Å². The van der Waals surface area contributed by atoms with Gasteiger partial charge in [0, 0.05) is 6.04 Å². The van der Waals surface area contributed by atoms with Gasteiger partial charge in [-0.3, -0.25) is 5.32 Å². The van der Waals surface area contributed by atoms with Gasteiger partial charge in [0.05, 0.1) is 0 Å². The summed E-state index contributed by atoms with van der Waals surface area (Å²) < 4.78 is 38.6. The summed E-state index contributed by atoms with van der Waals surface area (Å²) in [5.74, 6) is -0.191. The number of nitrogens with two attached hydrogens (primary N) is 1. The van der Waals surface area contributed by atoms with Gasteiger partial charge in [-0.25, -0.2) is 14.9 Å². The third-order valence-corrected chi connectivity index (χ3v) is 2.82. The van der Waals surface area contributed by atoms with E-state index in [0.717, 1.165) is 5.56 Å². The molecule has 0 amide bonds. The van der Waals surface area contributed by atoms with Gasteiger partial charge in [0.25, 0.3) is 0 Å². The van der Waals surface area contributed by atoms with E-state index in [2.05, 4.69) is 15.3 Å². The van der Waals surface area contributed by atoms with E-state index < -0.39 is 12.6 Å². The van der Waals surface area contributed by atoms with Gasteiger partial charge in [0.15, 0.2) is 6.29 Å². The van der Waals surface area contributed by atoms with Crippen molar-refractivity contribution in [1.29, 1.82) is 0 Å². The van der Waals surface area contributed by atoms with Crippen LogP contribution in [0.15, 0.2) is 40.3 Å². The lowest BCUT2D eigenvalue weighted by molar-refractivity contribution is -0.230. The Balaban J connectivity index is 2.15. The molecular formula is C12H14F3N5. The smallest absolute Gasteiger partial charge is 0.368 e. The molecule has 3 N–H and O–H groups in total. The number of nitrogens with zero attached hydrogens (tertiary/aromatic N) is 3. The number of benzene rings is 1. The van der Waals surface area contributed by atoms with Crippen molar-refractivity contribution in [3.8, 4) is 0 Å². The van der Waals surface area contributed by atoms with E-state index in [9.17, 15) is 13.2 Å². The highest BCUT2D eigenvalue weighted by atomic mass is 19.4. The lowest BCUT2D eigenvalue weighted by Gasteiger charge is -2.33. The molecule has 0 spiro atoms. The van der Waals surface area contributed by atoms with Crippen molar-refractivity contribution < 1.29 is 13.2 Å². The summed E-state index contributed by atoms with van der Waals surface area (Å²) in [6, 6.07) is 8.78. The molecular weight excluding hydrogens is 271 g/mol. The standard InChI is InChI=1S/C12H14F3N5/c1-8(9-5-3-2-4-6-9)18-11-19-10(16)17-7-20(11)12(13,14)15/h2-8,11,18H,1H3,(H2,16,19). The average molecular weight is 285 g/mol. The molecule has 1 aliphatic rings. The maximum Gasteiger partial charge on any atom is 0.488 e. The second-order valence-corrected chi connectivity index (χ2v) is 4.28. The predicted octanol–water partition coefficient (Wildman–Crippen LogP) is 1.80. The van der Waals surface area contributed by atoms with E-state index in [1.807, 2.05) is 30.3 Å². The van der Waals surface area contributed by atoms with Crippen LogP contribution < -0.4 is 11.1 Å². The van der Waals surface area contributed by atoms with Gasteiger partial charge >= 0.3 is 6.30 Å². The third kappa shape index (κ3) is 3.27. The van der Waals surface area contributed by atoms with E-state index in [1.165, 1.54) is 0 Å². The zero-order valence-corrected chi connectivity index (χ0v) is 10.7. The number of alkyl halides is 3. The first-order valence-corrected chi connectivity index (χ1v) is 5.91. The second kappa shape index (κ2) is 5.49. The molecule has 0 saturated carbocycles. The fraction of sp³-hybridized carbons (Fsp3) is 0.333. The average Bonchev–Trinajstić information content (AvgIpc) is 2.38. The first-order chi connectivity index (χ1) is 9.38. The van der Waals surface area contributed by atoms with Gasteiger partial charge in [0.1, 0.15) is 6.34 Å². The van der Waals surface area contributed by atoms with Crippen molar-refractivity contribution in [3.05, 3.63) is 35.9 Å². The van der Waals surface area contributed by atoms with Crippen LogP contribution in [-0.2, 0) is 0 Å². The van der Waals surface area contributed by atoms with E-state index in [1.54, 1.807) is 6.92 Å². The first kappa shape index (κ1) is 14.3. The quantitative estimate of drug-likeness (QED) is 0.832. The van der Waals surface area contributed by atoms with Gasteiger partial charge in [0.2, 0.25) is 5.96 Å². The van der Waals surface area contributed by atoms with Crippen LogP contribution in [0.25, 0.3) is 0 Å². The Bertz CT molecular complexity index is 512. The Morgan fingerprint density at radius 3 is 2.55 bits per heavy atom. The molecule has 0 bridgehead atoms. The number of hydrogen-bond donors (Lipinski definition) is 2. The minimum atomic E-state index is -4.58. The number of aliphatic imine (C=N–C) groups is 2. The molecule has 0 aliphatic carbocycles. The highest BCUT2D eigenvalue weighted by Gasteiger charge is 2.42. The summed E-state index contributed by atoms with van der Waals surface area (Å²) >= 11 is 0. The van der Waals surface area contributed by atoms with Crippen molar-refractivity contribution in [1.82, 2.24) is 10.2 Å². The van der Waals surface area contributed by atoms with Crippen molar-refractivity contribution >= 4 is 12.3 Å². The van der Waals surface area contributed by atoms with Crippen LogP contribution in [0.4, 0.5) is 13.2 Å². The third-order valence-electron chi connectivity index (χ3n) is 2.82. The molecule has 2 atom stereocenters. The highest BCUT2D eigenvalue weighted by Crippen LogP contribution is 2.25. The highest BCUT2D eigenvalue weighted by molar-refractivity contribution is 5.87. The van der Waals surface area contributed by atoms with Crippen LogP contribution in [0.3, 0.4) is 0 Å². The molecule has 0 radical (unpaired) electrons. The molecule has 1 aromatic carbocycles. The Hall–Kier alpha value is -2.09. The Kier molecular flexibility index (Phi) is 3.93. The molecule has 20 heavy (non-hydrogen) atoms. The summed E-state index contributed by atoms with van der Waals surface area (Å²) in [6.45, 7) is 1.75. The fourth-order valence-electron chi connectivity index (χ4n) is 1.79. The zero-order chi connectivity index (χ0) is 14.8. The summed E-state index contributed by atoms with van der Waals surface area (Å²) in [7, 11) is 0. The van der Waals surface area contributed by atoms with Crippen LogP contribution in [0.2, 0.25) is 0 Å². The number of rotatable bonds is 3. The van der Waals surface area contributed by atoms with Crippen molar-refractivity contribution in [2.45, 2.75) is 25.6 Å². The monoisotopic (exact) mass is 285 g/mol. The van der Waals surface area contributed by atoms with Crippen LogP contribution >= 0.6 is 0 Å². The lowest BCUT2D eigenvalue weighted by Crippen LogP contribution is -2.53. The molecule has 2 rings (SSSR count). The largest absolute Gasteiger partial charge is 0.488 e. The Morgan fingerprint density at radius 2 is 1.95 bits per heavy atom. The summed E-state index contributed by atoms with van der Waals surface area (Å²) in [5.41, 5.74) is 6.22. The Labute approximate surface area is 114 Å². The molecule has 8 heteroatoms. The minimum Gasteiger partial charge on any atom is -0.368 e. The normalized spacial score (nSPS) is 20.7. The Morgan fingerprint density at radius 1 is 1.30 bits per heavy atom. The lowest BCUT2D eigenvalue weighted by atomic mass is 10.1. The number of guanidine groups is 1. The van der Waals surface area contributed by atoms with Crippen LogP contribution in [0.5, 0.6) is 0 Å². The number of hydrogen-bond acceptors (Lipinski definition) is 5. The molecule has 0 fully saturated rings. The number of nitrogens with one attached hydrogen (secondary N) is 1. The SMILES string of the molecule is CC(NC1N=C(N)N=CN1C(F)(F)F)c1ccccc1. The fourth-order valence-corrected chi connectivity index (χ4v) is 1.79. The molecule has 1 aromatic rings. The van der Waals surface area contributed by atoms with Crippen molar-refractivity contribution in [3.63, 3.8) is 0 Å². The summed E-state index contributed by atoms with van der Waals surface area (Å²) in [5, 5.41) is 2.77. The van der Waals surface area contributed by atoms with Gasteiger partial charge in [-0.2, -0.15) is 0 Å². The molecule has 0 aromatic heterocycles. The van der Waals surface area contributed by atoms with Crippen molar-refractivity contribution in [2.24, 2.45) is 15.7 Å². The summed E-state index contributed by atoms with van der Waals surface area (Å²) in [6.07, 6.45) is -5.28.